The molecule has 0 aromatic heterocycles. The highest BCUT2D eigenvalue weighted by atomic mass is 35.5. The van der Waals surface area contributed by atoms with Gasteiger partial charge in [0, 0.05) is 25.6 Å². The van der Waals surface area contributed by atoms with Gasteiger partial charge in [-0.1, -0.05) is 91.1 Å². The van der Waals surface area contributed by atoms with Crippen molar-refractivity contribution >= 4 is 50.7 Å². The summed E-state index contributed by atoms with van der Waals surface area (Å²) in [4.78, 5) is 30.0. The Morgan fingerprint density at radius 2 is 1.52 bits per heavy atom. The molecule has 5 rings (SSSR count). The van der Waals surface area contributed by atoms with Gasteiger partial charge in [0.25, 0.3) is 10.0 Å². The van der Waals surface area contributed by atoms with E-state index < -0.39 is 28.5 Å². The van der Waals surface area contributed by atoms with Gasteiger partial charge in [-0.25, -0.2) is 8.42 Å². The third-order valence-corrected chi connectivity index (χ3v) is 10.4. The van der Waals surface area contributed by atoms with Crippen molar-refractivity contribution in [3.63, 3.8) is 0 Å². The minimum absolute atomic E-state index is 0.00173. The molecular weight excluding hydrogens is 673 g/mol. The van der Waals surface area contributed by atoms with Gasteiger partial charge in [0.05, 0.1) is 20.6 Å². The first kappa shape index (κ1) is 35.1. The summed E-state index contributed by atoms with van der Waals surface area (Å²) in [6, 6.07) is 26.0. The van der Waals surface area contributed by atoms with Crippen molar-refractivity contribution in [2.75, 3.05) is 30.6 Å². The number of nitrogens with zero attached hydrogens (tertiary/aromatic N) is 2. The molecule has 0 radical (unpaired) electrons. The molecule has 1 aliphatic heterocycles. The Hall–Kier alpha value is -4.25. The molecule has 0 aliphatic carbocycles. The second kappa shape index (κ2) is 16.2. The van der Waals surface area contributed by atoms with Crippen LogP contribution in [0.25, 0.3) is 0 Å². The van der Waals surface area contributed by atoms with E-state index in [0.29, 0.717) is 41.8 Å². The average molecular weight is 711 g/mol. The Morgan fingerprint density at radius 3 is 2.21 bits per heavy atom. The number of carbonyl (C=O) groups is 2. The van der Waals surface area contributed by atoms with Gasteiger partial charge in [-0.2, -0.15) is 0 Å². The number of nitrogens with one attached hydrogen (secondary N) is 1. The fourth-order valence-electron chi connectivity index (χ4n) is 5.33. The van der Waals surface area contributed by atoms with Gasteiger partial charge in [-0.3, -0.25) is 13.9 Å². The van der Waals surface area contributed by atoms with Gasteiger partial charge in [0.2, 0.25) is 11.8 Å². The van der Waals surface area contributed by atoms with Crippen LogP contribution in [-0.2, 0) is 32.6 Å². The molecule has 4 aromatic rings. The van der Waals surface area contributed by atoms with Gasteiger partial charge in [-0.05, 0) is 53.9 Å². The van der Waals surface area contributed by atoms with Gasteiger partial charge >= 0.3 is 0 Å². The second-order valence-corrected chi connectivity index (χ2v) is 13.9. The molecule has 0 saturated carbocycles. The lowest BCUT2D eigenvalue weighted by Crippen LogP contribution is -2.53. The summed E-state index contributed by atoms with van der Waals surface area (Å²) >= 11 is 12.6. The average Bonchev–Trinajstić information content (AvgIpc) is 3.10. The van der Waals surface area contributed by atoms with Crippen molar-refractivity contribution in [2.45, 2.75) is 43.7 Å². The number of unbranched alkanes of at least 4 members (excludes halogenated alkanes) is 1. The van der Waals surface area contributed by atoms with Crippen LogP contribution < -0.4 is 19.1 Å². The van der Waals surface area contributed by atoms with E-state index in [4.69, 9.17) is 32.7 Å². The number of fused-ring (bicyclic) bond motifs is 1. The van der Waals surface area contributed by atoms with Crippen LogP contribution in [0, 0.1) is 0 Å². The topological polar surface area (TPSA) is 105 Å². The van der Waals surface area contributed by atoms with E-state index in [2.05, 4.69) is 5.32 Å². The number of ether oxygens (including phenoxy) is 2. The SMILES string of the molecule is CCCCNC(=O)[C@H](Cc1ccccc1)N(Cc1ccc(Cl)c(Cl)c1)C(=O)CN(c1ccc2c(c1)OCCO2)S(=O)(=O)c1ccccc1. The molecule has 1 heterocycles. The number of rotatable bonds is 14. The normalized spacial score (nSPS) is 13.0. The van der Waals surface area contributed by atoms with Crippen molar-refractivity contribution in [1.82, 2.24) is 10.2 Å². The number of hydrogen-bond acceptors (Lipinski definition) is 6. The number of benzene rings is 4. The van der Waals surface area contributed by atoms with Crippen molar-refractivity contribution in [2.24, 2.45) is 0 Å². The molecule has 4 aromatic carbocycles. The number of amides is 2. The minimum atomic E-state index is -4.27. The highest BCUT2D eigenvalue weighted by Gasteiger charge is 2.35. The highest BCUT2D eigenvalue weighted by molar-refractivity contribution is 7.92. The summed E-state index contributed by atoms with van der Waals surface area (Å²) in [6.45, 7) is 2.48. The van der Waals surface area contributed by atoms with Crippen LogP contribution in [0.4, 0.5) is 5.69 Å². The Morgan fingerprint density at radius 1 is 0.833 bits per heavy atom. The summed E-state index contributed by atoms with van der Waals surface area (Å²) in [7, 11) is -4.27. The van der Waals surface area contributed by atoms with Gasteiger partial charge in [0.1, 0.15) is 25.8 Å². The zero-order chi connectivity index (χ0) is 34.1. The molecule has 0 saturated heterocycles. The smallest absolute Gasteiger partial charge is 0.264 e. The molecule has 0 spiro atoms. The highest BCUT2D eigenvalue weighted by Crippen LogP contribution is 2.36. The molecule has 9 nitrogen and oxygen atoms in total. The van der Waals surface area contributed by atoms with Crippen LogP contribution in [-0.4, -0.2) is 57.5 Å². The molecule has 252 valence electrons. The number of hydrogen-bond donors (Lipinski definition) is 1. The Kier molecular flexibility index (Phi) is 11.9. The molecule has 2 amide bonds. The molecule has 0 unspecified atom stereocenters. The van der Waals surface area contributed by atoms with Crippen LogP contribution in [0.15, 0.2) is 102 Å². The first-order valence-electron chi connectivity index (χ1n) is 15.7. The Balaban J connectivity index is 1.58. The monoisotopic (exact) mass is 709 g/mol. The van der Waals surface area contributed by atoms with Gasteiger partial charge in [0.15, 0.2) is 11.5 Å². The van der Waals surface area contributed by atoms with E-state index in [0.717, 1.165) is 22.7 Å². The van der Waals surface area contributed by atoms with Crippen LogP contribution in [0.3, 0.4) is 0 Å². The maximum absolute atomic E-state index is 14.6. The van der Waals surface area contributed by atoms with E-state index in [1.807, 2.05) is 37.3 Å². The lowest BCUT2D eigenvalue weighted by Gasteiger charge is -2.34. The first-order chi connectivity index (χ1) is 23.2. The molecule has 1 aliphatic rings. The molecular formula is C36H37Cl2N3O6S. The fourth-order valence-corrected chi connectivity index (χ4v) is 7.08. The van der Waals surface area contributed by atoms with Crippen molar-refractivity contribution < 1.29 is 27.5 Å². The summed E-state index contributed by atoms with van der Waals surface area (Å²) in [5, 5.41) is 3.61. The molecule has 0 bridgehead atoms. The predicted octanol–water partition coefficient (Wildman–Crippen LogP) is 6.52. The van der Waals surface area contributed by atoms with Crippen LogP contribution in [0.5, 0.6) is 11.5 Å². The molecule has 0 fully saturated rings. The molecule has 48 heavy (non-hydrogen) atoms. The zero-order valence-electron chi connectivity index (χ0n) is 26.5. The lowest BCUT2D eigenvalue weighted by atomic mass is 10.0. The largest absolute Gasteiger partial charge is 0.486 e. The van der Waals surface area contributed by atoms with Crippen molar-refractivity contribution in [3.8, 4) is 11.5 Å². The van der Waals surface area contributed by atoms with E-state index >= 15 is 0 Å². The standard InChI is InChI=1S/C36H37Cl2N3O6S/c1-2-3-18-39-36(43)32(22-26-10-6-4-7-11-26)40(24-27-14-16-30(37)31(38)21-27)35(42)25-41(48(44,45)29-12-8-5-9-13-29)28-15-17-33-34(23-28)47-20-19-46-33/h4-17,21,23,32H,2-3,18-20,22,24-25H2,1H3,(H,39,43)/t32-/m0/s1. The van der Waals surface area contributed by atoms with E-state index in [-0.39, 0.29) is 34.5 Å². The van der Waals surface area contributed by atoms with Crippen molar-refractivity contribution in [3.05, 3.63) is 118 Å². The van der Waals surface area contributed by atoms with Crippen LogP contribution in [0.1, 0.15) is 30.9 Å². The predicted molar refractivity (Wildman–Crippen MR) is 187 cm³/mol. The number of carbonyl (C=O) groups excluding carboxylic acids is 2. The van der Waals surface area contributed by atoms with Gasteiger partial charge in [-0.15, -0.1) is 0 Å². The fraction of sp³-hybridized carbons (Fsp3) is 0.278. The van der Waals surface area contributed by atoms with E-state index in [1.54, 1.807) is 54.6 Å². The third kappa shape index (κ3) is 8.61. The molecule has 1 N–H and O–H groups in total. The van der Waals surface area contributed by atoms with Crippen LogP contribution >= 0.6 is 23.2 Å². The van der Waals surface area contributed by atoms with Crippen molar-refractivity contribution in [1.29, 1.82) is 0 Å². The second-order valence-electron chi connectivity index (χ2n) is 11.3. The third-order valence-electron chi connectivity index (χ3n) is 7.86. The zero-order valence-corrected chi connectivity index (χ0v) is 28.8. The quantitative estimate of drug-likeness (QED) is 0.150. The summed E-state index contributed by atoms with van der Waals surface area (Å²) in [5.41, 5.74) is 1.66. The summed E-state index contributed by atoms with van der Waals surface area (Å²) in [5.74, 6) is -0.106. The lowest BCUT2D eigenvalue weighted by molar-refractivity contribution is -0.140. The van der Waals surface area contributed by atoms with Gasteiger partial charge < -0.3 is 19.7 Å². The maximum atomic E-state index is 14.6. The Bertz CT molecular complexity index is 1830. The summed E-state index contributed by atoms with van der Waals surface area (Å²) < 4.78 is 40.9. The summed E-state index contributed by atoms with van der Waals surface area (Å²) in [6.07, 6.45) is 1.83. The maximum Gasteiger partial charge on any atom is 0.264 e. The number of sulfonamides is 1. The van der Waals surface area contributed by atoms with E-state index in [9.17, 15) is 18.0 Å². The number of halogens is 2. The molecule has 1 atom stereocenters. The minimum Gasteiger partial charge on any atom is -0.486 e. The Labute approximate surface area is 291 Å². The van der Waals surface area contributed by atoms with Crippen LogP contribution in [0.2, 0.25) is 10.0 Å². The number of anilines is 1. The van der Waals surface area contributed by atoms with E-state index in [1.165, 1.54) is 17.0 Å². The molecule has 12 heteroatoms. The first-order valence-corrected chi connectivity index (χ1v) is 17.9.